The first-order valence-corrected chi connectivity index (χ1v) is 10.2. The lowest BCUT2D eigenvalue weighted by Gasteiger charge is -2.61. The van der Waals surface area contributed by atoms with Crippen molar-refractivity contribution in [2.24, 2.45) is 40.4 Å². The van der Waals surface area contributed by atoms with Crippen LogP contribution >= 0.6 is 0 Å². The standard InChI is InChI=1S/C21H36O/c1-4-14-6-8-18-17-7-5-15-13-16(22)9-11-21(15,3)19(17)10-12-20(14,18)2/h14-19,22H,4-13H2,1-3H3/t14-,15?,16-,17-,18-,19-,20+,21-/m0/s1. The van der Waals surface area contributed by atoms with E-state index >= 15 is 0 Å². The van der Waals surface area contributed by atoms with Crippen molar-refractivity contribution in [3.05, 3.63) is 0 Å². The molecule has 0 radical (unpaired) electrons. The minimum absolute atomic E-state index is 0.000524. The van der Waals surface area contributed by atoms with Gasteiger partial charge in [-0.2, -0.15) is 0 Å². The predicted octanol–water partition coefficient (Wildman–Crippen LogP) is 5.42. The predicted molar refractivity (Wildman–Crippen MR) is 91.5 cm³/mol. The molecule has 0 heterocycles. The van der Waals surface area contributed by atoms with E-state index in [2.05, 4.69) is 20.8 Å². The maximum atomic E-state index is 10.1. The summed E-state index contributed by atoms with van der Waals surface area (Å²) in [5.41, 5.74) is 1.21. The lowest BCUT2D eigenvalue weighted by atomic mass is 9.44. The maximum Gasteiger partial charge on any atom is 0.0543 e. The molecule has 0 aromatic rings. The van der Waals surface area contributed by atoms with Gasteiger partial charge in [-0.1, -0.05) is 27.2 Å². The first-order chi connectivity index (χ1) is 10.5. The Morgan fingerprint density at radius 3 is 2.36 bits per heavy atom. The number of rotatable bonds is 1. The second-order valence-corrected chi connectivity index (χ2v) is 9.81. The van der Waals surface area contributed by atoms with E-state index in [0.717, 1.165) is 42.4 Å². The van der Waals surface area contributed by atoms with Crippen molar-refractivity contribution in [1.82, 2.24) is 0 Å². The van der Waals surface area contributed by atoms with E-state index in [1.807, 2.05) is 0 Å². The van der Waals surface area contributed by atoms with Crippen LogP contribution in [0.3, 0.4) is 0 Å². The van der Waals surface area contributed by atoms with Gasteiger partial charge >= 0.3 is 0 Å². The van der Waals surface area contributed by atoms with E-state index < -0.39 is 0 Å². The Balaban J connectivity index is 1.61. The molecule has 126 valence electrons. The van der Waals surface area contributed by atoms with Crippen LogP contribution in [0, 0.1) is 40.4 Å². The molecule has 4 fully saturated rings. The average Bonchev–Trinajstić information content (AvgIpc) is 2.84. The fraction of sp³-hybridized carbons (Fsp3) is 1.00. The summed E-state index contributed by atoms with van der Waals surface area (Å²) in [7, 11) is 0. The molecule has 4 saturated carbocycles. The van der Waals surface area contributed by atoms with Gasteiger partial charge in [-0.05, 0) is 98.2 Å². The third kappa shape index (κ3) is 2.00. The maximum absolute atomic E-state index is 10.1. The Bertz CT molecular complexity index is 432. The van der Waals surface area contributed by atoms with Crippen molar-refractivity contribution in [1.29, 1.82) is 0 Å². The molecule has 8 atom stereocenters. The second-order valence-electron chi connectivity index (χ2n) is 9.81. The largest absolute Gasteiger partial charge is 0.393 e. The van der Waals surface area contributed by atoms with Crippen molar-refractivity contribution in [2.75, 3.05) is 0 Å². The first kappa shape index (κ1) is 15.5. The summed E-state index contributed by atoms with van der Waals surface area (Å²) in [5.74, 6) is 4.79. The zero-order chi connectivity index (χ0) is 15.5. The summed E-state index contributed by atoms with van der Waals surface area (Å²) in [4.78, 5) is 0. The Labute approximate surface area is 137 Å². The number of fused-ring (bicyclic) bond motifs is 5. The minimum atomic E-state index is -0.000524. The lowest BCUT2D eigenvalue weighted by molar-refractivity contribution is -0.126. The minimum Gasteiger partial charge on any atom is -0.393 e. The SMILES string of the molecule is CC[C@H]1CC[C@H]2[C@@H]3CCC4C[C@@H](O)CC[C@]4(C)[C@H]3CC[C@]12C. The van der Waals surface area contributed by atoms with Crippen LogP contribution in [0.1, 0.15) is 85.0 Å². The van der Waals surface area contributed by atoms with Crippen LogP contribution in [0.25, 0.3) is 0 Å². The summed E-state index contributed by atoms with van der Waals surface area (Å²) in [6, 6.07) is 0. The molecule has 4 aliphatic carbocycles. The Morgan fingerprint density at radius 1 is 0.864 bits per heavy atom. The molecule has 1 nitrogen and oxygen atoms in total. The third-order valence-electron chi connectivity index (χ3n) is 9.33. The van der Waals surface area contributed by atoms with Crippen LogP contribution in [0.2, 0.25) is 0 Å². The van der Waals surface area contributed by atoms with Crippen LogP contribution in [0.4, 0.5) is 0 Å². The van der Waals surface area contributed by atoms with Crippen LogP contribution < -0.4 is 0 Å². The van der Waals surface area contributed by atoms with Gasteiger partial charge in [0.05, 0.1) is 6.10 Å². The zero-order valence-corrected chi connectivity index (χ0v) is 15.0. The highest BCUT2D eigenvalue weighted by Gasteiger charge is 2.59. The molecule has 4 aliphatic rings. The summed E-state index contributed by atoms with van der Waals surface area (Å²) < 4.78 is 0. The summed E-state index contributed by atoms with van der Waals surface area (Å²) in [6.07, 6.45) is 13.7. The number of aliphatic hydroxyl groups excluding tert-OH is 1. The molecule has 1 unspecified atom stereocenters. The van der Waals surface area contributed by atoms with E-state index in [-0.39, 0.29) is 6.10 Å². The van der Waals surface area contributed by atoms with E-state index in [4.69, 9.17) is 0 Å². The van der Waals surface area contributed by atoms with Crippen molar-refractivity contribution in [2.45, 2.75) is 91.1 Å². The average molecular weight is 305 g/mol. The first-order valence-electron chi connectivity index (χ1n) is 10.2. The van der Waals surface area contributed by atoms with E-state index in [0.29, 0.717) is 10.8 Å². The Morgan fingerprint density at radius 2 is 1.59 bits per heavy atom. The molecule has 0 aromatic heterocycles. The molecule has 1 heteroatoms. The van der Waals surface area contributed by atoms with Crippen molar-refractivity contribution in [3.63, 3.8) is 0 Å². The van der Waals surface area contributed by atoms with Crippen LogP contribution in [0.15, 0.2) is 0 Å². The van der Waals surface area contributed by atoms with Crippen molar-refractivity contribution in [3.8, 4) is 0 Å². The highest BCUT2D eigenvalue weighted by atomic mass is 16.3. The van der Waals surface area contributed by atoms with Gasteiger partial charge in [0.15, 0.2) is 0 Å². The van der Waals surface area contributed by atoms with Crippen LogP contribution in [-0.2, 0) is 0 Å². The monoisotopic (exact) mass is 304 g/mol. The Kier molecular flexibility index (Phi) is 3.68. The molecule has 1 N–H and O–H groups in total. The molecule has 22 heavy (non-hydrogen) atoms. The zero-order valence-electron chi connectivity index (χ0n) is 15.0. The molecule has 0 spiro atoms. The second kappa shape index (κ2) is 5.23. The number of hydrogen-bond donors (Lipinski definition) is 1. The highest BCUT2D eigenvalue weighted by Crippen LogP contribution is 2.67. The molecular formula is C21H36O. The van der Waals surface area contributed by atoms with Gasteiger partial charge in [0.25, 0.3) is 0 Å². The lowest BCUT2D eigenvalue weighted by Crippen LogP contribution is -2.53. The molecule has 4 rings (SSSR count). The van der Waals surface area contributed by atoms with Gasteiger partial charge in [0.1, 0.15) is 0 Å². The summed E-state index contributed by atoms with van der Waals surface area (Å²) >= 11 is 0. The smallest absolute Gasteiger partial charge is 0.0543 e. The molecule has 0 bridgehead atoms. The van der Waals surface area contributed by atoms with E-state index in [9.17, 15) is 5.11 Å². The topological polar surface area (TPSA) is 20.2 Å². The van der Waals surface area contributed by atoms with Gasteiger partial charge in [-0.25, -0.2) is 0 Å². The normalized spacial score (nSPS) is 57.8. The third-order valence-corrected chi connectivity index (χ3v) is 9.33. The van der Waals surface area contributed by atoms with Gasteiger partial charge in [0, 0.05) is 0 Å². The summed E-state index contributed by atoms with van der Waals surface area (Å²) in [6.45, 7) is 7.68. The van der Waals surface area contributed by atoms with Gasteiger partial charge in [-0.15, -0.1) is 0 Å². The van der Waals surface area contributed by atoms with E-state index in [1.54, 1.807) is 0 Å². The van der Waals surface area contributed by atoms with E-state index in [1.165, 1.54) is 51.4 Å². The fourth-order valence-corrected chi connectivity index (χ4v) is 8.01. The number of aliphatic hydroxyl groups is 1. The molecular weight excluding hydrogens is 268 g/mol. The summed E-state index contributed by atoms with van der Waals surface area (Å²) in [5, 5.41) is 10.1. The highest BCUT2D eigenvalue weighted by molar-refractivity contribution is 5.08. The van der Waals surface area contributed by atoms with Gasteiger partial charge in [-0.3, -0.25) is 0 Å². The van der Waals surface area contributed by atoms with Crippen LogP contribution in [0.5, 0.6) is 0 Å². The van der Waals surface area contributed by atoms with Gasteiger partial charge in [0.2, 0.25) is 0 Å². The van der Waals surface area contributed by atoms with Crippen LogP contribution in [-0.4, -0.2) is 11.2 Å². The van der Waals surface area contributed by atoms with Crippen molar-refractivity contribution < 1.29 is 5.11 Å². The molecule has 0 aliphatic heterocycles. The number of hydrogen-bond acceptors (Lipinski definition) is 1. The fourth-order valence-electron chi connectivity index (χ4n) is 8.01. The molecule has 0 aromatic carbocycles. The molecule has 0 saturated heterocycles. The molecule has 0 amide bonds. The Hall–Kier alpha value is -0.0400. The van der Waals surface area contributed by atoms with Crippen molar-refractivity contribution >= 4 is 0 Å². The van der Waals surface area contributed by atoms with Gasteiger partial charge < -0.3 is 5.11 Å². The quantitative estimate of drug-likeness (QED) is 0.686.